The van der Waals surface area contributed by atoms with Gasteiger partial charge in [-0.15, -0.1) is 0 Å². The summed E-state index contributed by atoms with van der Waals surface area (Å²) in [6, 6.07) is 11.2. The summed E-state index contributed by atoms with van der Waals surface area (Å²) in [6.45, 7) is 0. The first-order valence-corrected chi connectivity index (χ1v) is 10.8. The topological polar surface area (TPSA) is 123 Å². The predicted molar refractivity (Wildman–Crippen MR) is 121 cm³/mol. The molecule has 33 heavy (non-hydrogen) atoms. The molecule has 0 unspecified atom stereocenters. The van der Waals surface area contributed by atoms with Gasteiger partial charge in [0, 0.05) is 35.7 Å². The third kappa shape index (κ3) is 4.48. The van der Waals surface area contributed by atoms with Crippen LogP contribution in [0.4, 0.5) is 0 Å². The Hall–Kier alpha value is -4.01. The van der Waals surface area contributed by atoms with Crippen molar-refractivity contribution in [2.24, 2.45) is 5.92 Å². The van der Waals surface area contributed by atoms with E-state index in [1.807, 2.05) is 30.3 Å². The number of aromatic nitrogens is 5. The Labute approximate surface area is 189 Å². The van der Waals surface area contributed by atoms with Crippen LogP contribution < -0.4 is 9.47 Å². The molecular formula is C24H23N5O4. The fourth-order valence-electron chi connectivity index (χ4n) is 4.03. The molecule has 1 saturated carbocycles. The van der Waals surface area contributed by atoms with Crippen LogP contribution in [0.2, 0.25) is 0 Å². The summed E-state index contributed by atoms with van der Waals surface area (Å²) in [5.74, 6) is 0.780. The monoisotopic (exact) mass is 445 g/mol. The van der Waals surface area contributed by atoms with Crippen LogP contribution in [0.25, 0.3) is 33.8 Å². The summed E-state index contributed by atoms with van der Waals surface area (Å²) in [6.07, 6.45) is 6.25. The van der Waals surface area contributed by atoms with Crippen molar-refractivity contribution in [1.82, 2.24) is 24.9 Å². The highest BCUT2D eigenvalue weighted by atomic mass is 16.5. The summed E-state index contributed by atoms with van der Waals surface area (Å²) in [7, 11) is 1.58. The molecule has 1 aliphatic carbocycles. The molecule has 1 aliphatic rings. The molecule has 168 valence electrons. The van der Waals surface area contributed by atoms with Gasteiger partial charge >= 0.3 is 5.97 Å². The standard InChI is InChI=1S/C24H23N5O4/c1-32-21-11-9-19-23(28-21)29-22(27-19)16-4-8-18(25-13-16)15-5-10-20(26-12-15)33-17-6-2-14(3-7-17)24(30)31/h4-5,8-14,17H,2-3,6-7H2,1H3,(H,30,31)(H,27,28,29). The maximum atomic E-state index is 11.1. The highest BCUT2D eigenvalue weighted by Gasteiger charge is 2.27. The number of hydrogen-bond donors (Lipinski definition) is 2. The molecule has 1 fully saturated rings. The third-order valence-electron chi connectivity index (χ3n) is 5.91. The number of nitrogens with zero attached hydrogens (tertiary/aromatic N) is 4. The maximum Gasteiger partial charge on any atom is 0.306 e. The molecule has 4 aromatic rings. The second-order valence-corrected chi connectivity index (χ2v) is 8.05. The molecule has 0 amide bonds. The Morgan fingerprint density at radius 2 is 1.70 bits per heavy atom. The number of nitrogens with one attached hydrogen (secondary N) is 1. The van der Waals surface area contributed by atoms with Crippen LogP contribution in [0.1, 0.15) is 25.7 Å². The van der Waals surface area contributed by atoms with Crippen LogP contribution in [0.3, 0.4) is 0 Å². The number of carboxylic acid groups (broad SMARTS) is 1. The molecule has 5 rings (SSSR count). The first-order valence-electron chi connectivity index (χ1n) is 10.8. The maximum absolute atomic E-state index is 11.1. The number of pyridine rings is 3. The summed E-state index contributed by atoms with van der Waals surface area (Å²) in [5, 5.41) is 9.12. The minimum absolute atomic E-state index is 0.00891. The number of aliphatic carboxylic acids is 1. The van der Waals surface area contributed by atoms with Crippen LogP contribution in [0.5, 0.6) is 11.8 Å². The van der Waals surface area contributed by atoms with E-state index in [0.29, 0.717) is 36.1 Å². The number of carboxylic acids is 1. The van der Waals surface area contributed by atoms with Gasteiger partial charge in [-0.3, -0.25) is 9.78 Å². The van der Waals surface area contributed by atoms with E-state index in [1.54, 1.807) is 25.6 Å². The number of methoxy groups -OCH3 is 1. The third-order valence-corrected chi connectivity index (χ3v) is 5.91. The molecule has 0 atom stereocenters. The van der Waals surface area contributed by atoms with Gasteiger partial charge in [0.1, 0.15) is 17.4 Å². The summed E-state index contributed by atoms with van der Waals surface area (Å²) in [4.78, 5) is 32.2. The quantitative estimate of drug-likeness (QED) is 0.454. The molecule has 9 heteroatoms. The highest BCUT2D eigenvalue weighted by Crippen LogP contribution is 2.28. The number of imidazole rings is 1. The SMILES string of the molecule is COc1ccc2nc(-c3ccc(-c4ccc(OC5CCC(C(=O)O)CC5)nc4)nc3)[nH]c2n1. The van der Waals surface area contributed by atoms with Crippen LogP contribution in [-0.2, 0) is 4.79 Å². The number of fused-ring (bicyclic) bond motifs is 1. The highest BCUT2D eigenvalue weighted by molar-refractivity contribution is 5.76. The van der Waals surface area contributed by atoms with E-state index in [0.717, 1.165) is 35.2 Å². The number of rotatable bonds is 6. The number of ether oxygens (including phenoxy) is 2. The normalized spacial score (nSPS) is 18.2. The summed E-state index contributed by atoms with van der Waals surface area (Å²) >= 11 is 0. The second-order valence-electron chi connectivity index (χ2n) is 8.05. The molecule has 0 radical (unpaired) electrons. The van der Waals surface area contributed by atoms with E-state index >= 15 is 0 Å². The molecular weight excluding hydrogens is 422 g/mol. The van der Waals surface area contributed by atoms with Gasteiger partial charge in [0.05, 0.1) is 18.7 Å². The zero-order valence-corrected chi connectivity index (χ0v) is 18.1. The van der Waals surface area contributed by atoms with Gasteiger partial charge in [-0.25, -0.2) is 9.97 Å². The van der Waals surface area contributed by atoms with E-state index in [-0.39, 0.29) is 12.0 Å². The van der Waals surface area contributed by atoms with Crippen molar-refractivity contribution in [3.05, 3.63) is 48.8 Å². The number of H-pyrrole nitrogens is 1. The first kappa shape index (κ1) is 20.9. The number of hydrogen-bond acceptors (Lipinski definition) is 7. The fraction of sp³-hybridized carbons (Fsp3) is 0.292. The van der Waals surface area contributed by atoms with Crippen molar-refractivity contribution in [2.45, 2.75) is 31.8 Å². The van der Waals surface area contributed by atoms with E-state index < -0.39 is 5.97 Å². The largest absolute Gasteiger partial charge is 0.481 e. The lowest BCUT2D eigenvalue weighted by atomic mass is 9.87. The lowest BCUT2D eigenvalue weighted by Gasteiger charge is -2.26. The molecule has 0 bridgehead atoms. The van der Waals surface area contributed by atoms with Gasteiger partial charge in [-0.1, -0.05) is 0 Å². The van der Waals surface area contributed by atoms with Crippen LogP contribution >= 0.6 is 0 Å². The lowest BCUT2D eigenvalue weighted by molar-refractivity contribution is -0.143. The van der Waals surface area contributed by atoms with Crippen molar-refractivity contribution in [2.75, 3.05) is 7.11 Å². The van der Waals surface area contributed by atoms with Gasteiger partial charge < -0.3 is 19.6 Å². The molecule has 4 aromatic heterocycles. The Bertz CT molecular complexity index is 1260. The first-order chi connectivity index (χ1) is 16.1. The van der Waals surface area contributed by atoms with Gasteiger partial charge in [0.25, 0.3) is 0 Å². The van der Waals surface area contributed by atoms with E-state index in [9.17, 15) is 4.79 Å². The smallest absolute Gasteiger partial charge is 0.306 e. The molecule has 9 nitrogen and oxygen atoms in total. The summed E-state index contributed by atoms with van der Waals surface area (Å²) < 4.78 is 11.1. The fourth-order valence-corrected chi connectivity index (χ4v) is 4.03. The lowest BCUT2D eigenvalue weighted by Crippen LogP contribution is -2.28. The Balaban J connectivity index is 1.25. The Morgan fingerprint density at radius 1 is 0.939 bits per heavy atom. The van der Waals surface area contributed by atoms with E-state index in [2.05, 4.69) is 24.9 Å². The molecule has 2 N–H and O–H groups in total. The van der Waals surface area contributed by atoms with Gasteiger partial charge in [0.15, 0.2) is 5.65 Å². The number of carbonyl (C=O) groups is 1. The van der Waals surface area contributed by atoms with Crippen molar-refractivity contribution >= 4 is 17.1 Å². The average molecular weight is 445 g/mol. The van der Waals surface area contributed by atoms with Crippen LogP contribution in [0.15, 0.2) is 48.8 Å². The molecule has 0 saturated heterocycles. The summed E-state index contributed by atoms with van der Waals surface area (Å²) in [5.41, 5.74) is 3.92. The molecule has 0 aliphatic heterocycles. The minimum Gasteiger partial charge on any atom is -0.481 e. The molecule has 0 spiro atoms. The van der Waals surface area contributed by atoms with Crippen molar-refractivity contribution in [3.63, 3.8) is 0 Å². The predicted octanol–water partition coefficient (Wildman–Crippen LogP) is 4.11. The van der Waals surface area contributed by atoms with Gasteiger partial charge in [-0.2, -0.15) is 4.98 Å². The van der Waals surface area contributed by atoms with Crippen LogP contribution in [-0.4, -0.2) is 49.2 Å². The van der Waals surface area contributed by atoms with Gasteiger partial charge in [0.2, 0.25) is 11.8 Å². The molecule has 4 heterocycles. The Morgan fingerprint density at radius 3 is 2.36 bits per heavy atom. The van der Waals surface area contributed by atoms with Crippen molar-refractivity contribution < 1.29 is 19.4 Å². The van der Waals surface area contributed by atoms with E-state index in [4.69, 9.17) is 14.6 Å². The van der Waals surface area contributed by atoms with Gasteiger partial charge in [-0.05, 0) is 49.9 Å². The minimum atomic E-state index is -0.716. The van der Waals surface area contributed by atoms with Crippen LogP contribution in [0, 0.1) is 5.92 Å². The Kier molecular flexibility index (Phi) is 5.60. The average Bonchev–Trinajstić information content (AvgIpc) is 3.28. The van der Waals surface area contributed by atoms with Crippen molar-refractivity contribution in [3.8, 4) is 34.4 Å². The number of aromatic amines is 1. The molecule has 0 aromatic carbocycles. The zero-order valence-electron chi connectivity index (χ0n) is 18.1. The van der Waals surface area contributed by atoms with E-state index in [1.165, 1.54) is 0 Å². The van der Waals surface area contributed by atoms with Crippen molar-refractivity contribution in [1.29, 1.82) is 0 Å². The zero-order chi connectivity index (χ0) is 22.8. The second kappa shape index (κ2) is 8.85.